The maximum Gasteiger partial charge on any atom is 0.124 e. The van der Waals surface area contributed by atoms with Crippen molar-refractivity contribution >= 4 is 0 Å². The number of aryl methyl sites for hydroxylation is 3. The number of hydrogen-bond donors (Lipinski definition) is 2. The molecule has 0 bridgehead atoms. The number of hydrazine groups is 1. The smallest absolute Gasteiger partial charge is 0.124 e. The van der Waals surface area contributed by atoms with Crippen LogP contribution in [0.25, 0.3) is 0 Å². The van der Waals surface area contributed by atoms with Crippen LogP contribution in [0, 0.1) is 20.8 Å². The van der Waals surface area contributed by atoms with Crippen LogP contribution in [-0.2, 0) is 0 Å². The lowest BCUT2D eigenvalue weighted by molar-refractivity contribution is 0.404. The van der Waals surface area contributed by atoms with Crippen molar-refractivity contribution in [2.75, 3.05) is 7.11 Å². The molecule has 1 unspecified atom stereocenters. The zero-order valence-corrected chi connectivity index (χ0v) is 12.5. The van der Waals surface area contributed by atoms with E-state index in [0.29, 0.717) is 0 Å². The molecule has 0 saturated carbocycles. The lowest BCUT2D eigenvalue weighted by Gasteiger charge is -2.22. The number of methoxy groups -OCH3 is 1. The molecule has 3 N–H and O–H groups in total. The van der Waals surface area contributed by atoms with Gasteiger partial charge in [-0.3, -0.25) is 5.84 Å². The Morgan fingerprint density at radius 1 is 0.950 bits per heavy atom. The summed E-state index contributed by atoms with van der Waals surface area (Å²) in [4.78, 5) is 0. The molecular formula is C17H22N2O. The second-order valence-corrected chi connectivity index (χ2v) is 5.21. The standard InChI is InChI=1S/C17H22N2O/c1-11-5-7-13(3)15(9-11)17(19-18)14-8-6-12(2)10-16(14)20-4/h5-10,17,19H,18H2,1-4H3. The van der Waals surface area contributed by atoms with Crippen molar-refractivity contribution in [1.82, 2.24) is 5.43 Å². The monoisotopic (exact) mass is 270 g/mol. The molecule has 1 atom stereocenters. The lowest BCUT2D eigenvalue weighted by atomic mass is 9.93. The summed E-state index contributed by atoms with van der Waals surface area (Å²) in [6, 6.07) is 12.5. The Balaban J connectivity index is 2.55. The molecule has 0 aliphatic carbocycles. The highest BCUT2D eigenvalue weighted by molar-refractivity contribution is 5.46. The molecule has 0 aliphatic rings. The van der Waals surface area contributed by atoms with Crippen molar-refractivity contribution in [1.29, 1.82) is 0 Å². The van der Waals surface area contributed by atoms with Gasteiger partial charge in [0.05, 0.1) is 13.2 Å². The van der Waals surface area contributed by atoms with E-state index in [0.717, 1.165) is 11.3 Å². The lowest BCUT2D eigenvalue weighted by Crippen LogP contribution is -2.29. The van der Waals surface area contributed by atoms with Crippen molar-refractivity contribution < 1.29 is 4.74 Å². The van der Waals surface area contributed by atoms with Crippen LogP contribution >= 0.6 is 0 Å². The molecule has 2 aromatic carbocycles. The Morgan fingerprint density at radius 3 is 2.25 bits per heavy atom. The predicted octanol–water partition coefficient (Wildman–Crippen LogP) is 3.17. The topological polar surface area (TPSA) is 47.3 Å². The Bertz CT molecular complexity index is 608. The summed E-state index contributed by atoms with van der Waals surface area (Å²) in [6.45, 7) is 6.23. The van der Waals surface area contributed by atoms with E-state index in [1.807, 2.05) is 6.07 Å². The molecule has 0 amide bonds. The zero-order valence-electron chi connectivity index (χ0n) is 12.5. The van der Waals surface area contributed by atoms with Gasteiger partial charge < -0.3 is 4.74 Å². The van der Waals surface area contributed by atoms with Gasteiger partial charge in [-0.25, -0.2) is 5.43 Å². The summed E-state index contributed by atoms with van der Waals surface area (Å²) in [6.07, 6.45) is 0. The summed E-state index contributed by atoms with van der Waals surface area (Å²) in [5, 5.41) is 0. The first kappa shape index (κ1) is 14.6. The third-order valence-electron chi connectivity index (χ3n) is 3.61. The maximum absolute atomic E-state index is 5.81. The van der Waals surface area contributed by atoms with Crippen molar-refractivity contribution in [2.45, 2.75) is 26.8 Å². The third kappa shape index (κ3) is 2.84. The highest BCUT2D eigenvalue weighted by atomic mass is 16.5. The molecule has 3 heteroatoms. The second-order valence-electron chi connectivity index (χ2n) is 5.21. The van der Waals surface area contributed by atoms with Crippen LogP contribution in [0.4, 0.5) is 0 Å². The van der Waals surface area contributed by atoms with Gasteiger partial charge in [0.15, 0.2) is 0 Å². The number of nitrogens with two attached hydrogens (primary N) is 1. The minimum atomic E-state index is -0.0783. The van der Waals surface area contributed by atoms with Crippen molar-refractivity contribution in [3.05, 3.63) is 64.2 Å². The first-order chi connectivity index (χ1) is 9.56. The average Bonchev–Trinajstić information content (AvgIpc) is 2.44. The molecule has 0 spiro atoms. The Kier molecular flexibility index (Phi) is 4.42. The Morgan fingerprint density at radius 2 is 1.60 bits per heavy atom. The Labute approximate surface area is 120 Å². The van der Waals surface area contributed by atoms with E-state index in [4.69, 9.17) is 10.6 Å². The molecule has 2 aromatic rings. The third-order valence-corrected chi connectivity index (χ3v) is 3.61. The quantitative estimate of drug-likeness (QED) is 0.662. The van der Waals surface area contributed by atoms with E-state index in [1.54, 1.807) is 7.11 Å². The molecule has 0 saturated heterocycles. The van der Waals surface area contributed by atoms with Crippen molar-refractivity contribution in [3.63, 3.8) is 0 Å². The number of hydrogen-bond acceptors (Lipinski definition) is 3. The van der Waals surface area contributed by atoms with Gasteiger partial charge in [0.25, 0.3) is 0 Å². The number of benzene rings is 2. The normalized spacial score (nSPS) is 12.2. The van der Waals surface area contributed by atoms with Crippen LogP contribution < -0.4 is 16.0 Å². The molecule has 0 radical (unpaired) electrons. The summed E-state index contributed by atoms with van der Waals surface area (Å²) in [7, 11) is 1.69. The number of ether oxygens (including phenoxy) is 1. The first-order valence-corrected chi connectivity index (χ1v) is 6.74. The van der Waals surface area contributed by atoms with E-state index >= 15 is 0 Å². The first-order valence-electron chi connectivity index (χ1n) is 6.74. The van der Waals surface area contributed by atoms with E-state index in [1.165, 1.54) is 22.3 Å². The van der Waals surface area contributed by atoms with Gasteiger partial charge in [-0.05, 0) is 43.5 Å². The van der Waals surface area contributed by atoms with Gasteiger partial charge in [-0.1, -0.05) is 35.9 Å². The van der Waals surface area contributed by atoms with E-state index in [2.05, 4.69) is 56.5 Å². The summed E-state index contributed by atoms with van der Waals surface area (Å²) >= 11 is 0. The van der Waals surface area contributed by atoms with Gasteiger partial charge in [0.2, 0.25) is 0 Å². The SMILES string of the molecule is COc1cc(C)ccc1C(NN)c1cc(C)ccc1C. The van der Waals surface area contributed by atoms with Crippen molar-refractivity contribution in [2.24, 2.45) is 5.84 Å². The van der Waals surface area contributed by atoms with E-state index in [-0.39, 0.29) is 6.04 Å². The molecule has 2 rings (SSSR count). The van der Waals surface area contributed by atoms with Crippen LogP contribution in [0.2, 0.25) is 0 Å². The molecule has 0 aliphatic heterocycles. The fraction of sp³-hybridized carbons (Fsp3) is 0.294. The molecule has 0 fully saturated rings. The van der Waals surface area contributed by atoms with Crippen LogP contribution in [0.1, 0.15) is 33.9 Å². The predicted molar refractivity (Wildman–Crippen MR) is 82.8 cm³/mol. The number of rotatable bonds is 4. The van der Waals surface area contributed by atoms with Gasteiger partial charge in [-0.2, -0.15) is 0 Å². The van der Waals surface area contributed by atoms with Gasteiger partial charge in [0.1, 0.15) is 5.75 Å². The summed E-state index contributed by atoms with van der Waals surface area (Å²) in [5.41, 5.74) is 8.74. The highest BCUT2D eigenvalue weighted by Gasteiger charge is 2.18. The molecule has 0 heterocycles. The van der Waals surface area contributed by atoms with E-state index < -0.39 is 0 Å². The van der Waals surface area contributed by atoms with E-state index in [9.17, 15) is 0 Å². The molecule has 106 valence electrons. The highest BCUT2D eigenvalue weighted by Crippen LogP contribution is 2.32. The zero-order chi connectivity index (χ0) is 14.7. The van der Waals surface area contributed by atoms with Crippen molar-refractivity contribution in [3.8, 4) is 5.75 Å². The van der Waals surface area contributed by atoms with Crippen LogP contribution in [0.3, 0.4) is 0 Å². The molecule has 20 heavy (non-hydrogen) atoms. The van der Waals surface area contributed by atoms with Crippen LogP contribution in [-0.4, -0.2) is 7.11 Å². The second kappa shape index (κ2) is 6.07. The summed E-state index contributed by atoms with van der Waals surface area (Å²) in [5.74, 6) is 6.67. The fourth-order valence-electron chi connectivity index (χ4n) is 2.47. The fourth-order valence-corrected chi connectivity index (χ4v) is 2.47. The number of nitrogens with one attached hydrogen (secondary N) is 1. The van der Waals surface area contributed by atoms with Crippen LogP contribution in [0.15, 0.2) is 36.4 Å². The van der Waals surface area contributed by atoms with Gasteiger partial charge in [0, 0.05) is 5.56 Å². The minimum absolute atomic E-state index is 0.0783. The van der Waals surface area contributed by atoms with Gasteiger partial charge >= 0.3 is 0 Å². The molecule has 0 aromatic heterocycles. The molecular weight excluding hydrogens is 248 g/mol. The minimum Gasteiger partial charge on any atom is -0.496 e. The largest absolute Gasteiger partial charge is 0.496 e. The van der Waals surface area contributed by atoms with Gasteiger partial charge in [-0.15, -0.1) is 0 Å². The Hall–Kier alpha value is -1.84. The van der Waals surface area contributed by atoms with Crippen LogP contribution in [0.5, 0.6) is 5.75 Å². The maximum atomic E-state index is 5.81. The average molecular weight is 270 g/mol. The molecule has 3 nitrogen and oxygen atoms in total. The summed E-state index contributed by atoms with van der Waals surface area (Å²) < 4.78 is 5.51.